The molecule has 0 aliphatic heterocycles. The van der Waals surface area contributed by atoms with E-state index < -0.39 is 0 Å². The summed E-state index contributed by atoms with van der Waals surface area (Å²) in [6.07, 6.45) is 4.54. The zero-order valence-electron chi connectivity index (χ0n) is 8.29. The minimum atomic E-state index is 0.685. The molecule has 1 aromatic heterocycles. The number of ether oxygens (including phenoxy) is 1. The Morgan fingerprint density at radius 3 is 3.00 bits per heavy atom. The molecule has 1 rings (SSSR count). The molecule has 0 aliphatic carbocycles. The van der Waals surface area contributed by atoms with Crippen LogP contribution in [0.2, 0.25) is 0 Å². The van der Waals surface area contributed by atoms with Crippen molar-refractivity contribution in [3.8, 4) is 5.75 Å². The van der Waals surface area contributed by atoms with E-state index in [2.05, 4.69) is 11.7 Å². The van der Waals surface area contributed by atoms with Gasteiger partial charge in [-0.2, -0.15) is 5.10 Å². The zero-order chi connectivity index (χ0) is 9.68. The van der Waals surface area contributed by atoms with Gasteiger partial charge in [0.05, 0.1) is 19.0 Å². The van der Waals surface area contributed by atoms with Gasteiger partial charge in [0.2, 0.25) is 0 Å². The molecule has 3 heteroatoms. The van der Waals surface area contributed by atoms with Gasteiger partial charge in [-0.15, -0.1) is 6.58 Å². The average molecular weight is 180 g/mol. The van der Waals surface area contributed by atoms with Crippen molar-refractivity contribution in [1.29, 1.82) is 0 Å². The first-order chi connectivity index (χ1) is 6.22. The van der Waals surface area contributed by atoms with Crippen molar-refractivity contribution in [1.82, 2.24) is 9.78 Å². The maximum Gasteiger partial charge on any atom is 0.157 e. The van der Waals surface area contributed by atoms with Crippen LogP contribution in [0.4, 0.5) is 0 Å². The van der Waals surface area contributed by atoms with Crippen molar-refractivity contribution < 1.29 is 4.74 Å². The third-order valence-electron chi connectivity index (χ3n) is 1.73. The number of nitrogens with zero attached hydrogens (tertiary/aromatic N) is 2. The van der Waals surface area contributed by atoms with Crippen molar-refractivity contribution in [3.05, 3.63) is 24.5 Å². The van der Waals surface area contributed by atoms with Gasteiger partial charge < -0.3 is 4.74 Å². The van der Waals surface area contributed by atoms with Crippen LogP contribution in [0.25, 0.3) is 0 Å². The highest BCUT2D eigenvalue weighted by molar-refractivity contribution is 5.11. The van der Waals surface area contributed by atoms with Crippen molar-refractivity contribution in [2.24, 2.45) is 0 Å². The van der Waals surface area contributed by atoms with Gasteiger partial charge in [0.15, 0.2) is 5.75 Å². The van der Waals surface area contributed by atoms with Gasteiger partial charge in [-0.1, -0.05) is 5.57 Å². The van der Waals surface area contributed by atoms with Gasteiger partial charge in [0.1, 0.15) is 0 Å². The molecule has 0 aliphatic rings. The predicted octanol–water partition coefficient (Wildman–Crippen LogP) is 2.25. The molecule has 1 heterocycles. The van der Waals surface area contributed by atoms with E-state index >= 15 is 0 Å². The van der Waals surface area contributed by atoms with Crippen LogP contribution < -0.4 is 4.74 Å². The van der Waals surface area contributed by atoms with Crippen molar-refractivity contribution in [3.63, 3.8) is 0 Å². The molecule has 0 spiro atoms. The summed E-state index contributed by atoms with van der Waals surface area (Å²) < 4.78 is 7.30. The molecule has 0 amide bonds. The maximum absolute atomic E-state index is 5.46. The smallest absolute Gasteiger partial charge is 0.157 e. The van der Waals surface area contributed by atoms with E-state index in [-0.39, 0.29) is 0 Å². The first kappa shape index (κ1) is 9.84. The lowest BCUT2D eigenvalue weighted by Gasteiger charge is -2.01. The predicted molar refractivity (Wildman–Crippen MR) is 52.8 cm³/mol. The first-order valence-corrected chi connectivity index (χ1v) is 4.52. The van der Waals surface area contributed by atoms with Gasteiger partial charge in [0, 0.05) is 13.0 Å². The largest absolute Gasteiger partial charge is 0.490 e. The van der Waals surface area contributed by atoms with Crippen LogP contribution in [-0.4, -0.2) is 16.4 Å². The van der Waals surface area contributed by atoms with E-state index in [9.17, 15) is 0 Å². The van der Waals surface area contributed by atoms with Gasteiger partial charge in [0.25, 0.3) is 0 Å². The molecule has 0 aromatic carbocycles. The Kier molecular flexibility index (Phi) is 3.55. The van der Waals surface area contributed by atoms with Gasteiger partial charge in [-0.25, -0.2) is 0 Å². The minimum Gasteiger partial charge on any atom is -0.490 e. The third-order valence-corrected chi connectivity index (χ3v) is 1.73. The third kappa shape index (κ3) is 3.32. The van der Waals surface area contributed by atoms with Crippen molar-refractivity contribution >= 4 is 0 Å². The quantitative estimate of drug-likeness (QED) is 0.650. The monoisotopic (exact) mass is 180 g/mol. The Morgan fingerprint density at radius 1 is 1.69 bits per heavy atom. The molecule has 0 saturated carbocycles. The minimum absolute atomic E-state index is 0.685. The molecule has 0 saturated heterocycles. The van der Waals surface area contributed by atoms with Gasteiger partial charge in [-0.05, 0) is 13.8 Å². The normalized spacial score (nSPS) is 10.0. The highest BCUT2D eigenvalue weighted by atomic mass is 16.5. The number of hydrogen-bond donors (Lipinski definition) is 0. The summed E-state index contributed by atoms with van der Waals surface area (Å²) in [5.41, 5.74) is 1.14. The second-order valence-corrected chi connectivity index (χ2v) is 3.09. The molecule has 0 bridgehead atoms. The van der Waals surface area contributed by atoms with Crippen molar-refractivity contribution in [2.45, 2.75) is 26.8 Å². The molecule has 1 aromatic rings. The van der Waals surface area contributed by atoms with Crippen LogP contribution in [-0.2, 0) is 6.54 Å². The molecule has 0 N–H and O–H groups in total. The lowest BCUT2D eigenvalue weighted by molar-refractivity contribution is 0.321. The van der Waals surface area contributed by atoms with Gasteiger partial charge >= 0.3 is 0 Å². The second kappa shape index (κ2) is 4.70. The fourth-order valence-corrected chi connectivity index (χ4v) is 0.935. The molecule has 0 atom stereocenters. The molecular formula is C10H16N2O. The molecule has 0 unspecified atom stereocenters. The summed E-state index contributed by atoms with van der Waals surface area (Å²) in [5.74, 6) is 0.836. The Bertz CT molecular complexity index is 278. The maximum atomic E-state index is 5.46. The summed E-state index contributed by atoms with van der Waals surface area (Å²) in [7, 11) is 0. The van der Waals surface area contributed by atoms with Crippen LogP contribution >= 0.6 is 0 Å². The highest BCUT2D eigenvalue weighted by Crippen LogP contribution is 2.09. The lowest BCUT2D eigenvalue weighted by Crippen LogP contribution is -1.96. The molecule has 72 valence electrons. The van der Waals surface area contributed by atoms with E-state index in [4.69, 9.17) is 4.74 Å². The summed E-state index contributed by atoms with van der Waals surface area (Å²) in [6.45, 7) is 9.42. The summed E-state index contributed by atoms with van der Waals surface area (Å²) >= 11 is 0. The first-order valence-electron chi connectivity index (χ1n) is 4.52. The molecule has 0 radical (unpaired) electrons. The number of aryl methyl sites for hydroxylation is 1. The molecule has 0 fully saturated rings. The fraction of sp³-hybridized carbons (Fsp3) is 0.500. The summed E-state index contributed by atoms with van der Waals surface area (Å²) in [4.78, 5) is 0. The fourth-order valence-electron chi connectivity index (χ4n) is 0.935. The second-order valence-electron chi connectivity index (χ2n) is 3.09. The SMILES string of the molecule is C=C(C)CCOc1cnn(CC)c1. The van der Waals surface area contributed by atoms with Gasteiger partial charge in [-0.3, -0.25) is 4.68 Å². The van der Waals surface area contributed by atoms with Crippen LogP contribution in [0.3, 0.4) is 0 Å². The van der Waals surface area contributed by atoms with E-state index in [0.29, 0.717) is 6.61 Å². The van der Waals surface area contributed by atoms with Crippen molar-refractivity contribution in [2.75, 3.05) is 6.61 Å². The van der Waals surface area contributed by atoms with E-state index in [1.807, 2.05) is 24.7 Å². The molecule has 3 nitrogen and oxygen atoms in total. The Hall–Kier alpha value is -1.25. The van der Waals surface area contributed by atoms with Crippen LogP contribution in [0.1, 0.15) is 20.3 Å². The number of aromatic nitrogens is 2. The van der Waals surface area contributed by atoms with E-state index in [1.165, 1.54) is 0 Å². The molecule has 13 heavy (non-hydrogen) atoms. The summed E-state index contributed by atoms with van der Waals surface area (Å²) in [5, 5.41) is 4.10. The Balaban J connectivity index is 2.32. The van der Waals surface area contributed by atoms with Crippen LogP contribution in [0.15, 0.2) is 24.5 Å². The Morgan fingerprint density at radius 2 is 2.46 bits per heavy atom. The Labute approximate surface area is 79.0 Å². The van der Waals surface area contributed by atoms with E-state index in [0.717, 1.165) is 24.3 Å². The average Bonchev–Trinajstić information content (AvgIpc) is 2.52. The number of rotatable bonds is 5. The van der Waals surface area contributed by atoms with E-state index in [1.54, 1.807) is 6.20 Å². The standard InChI is InChI=1S/C10H16N2O/c1-4-12-8-10(7-11-12)13-6-5-9(2)3/h7-8H,2,4-6H2,1,3H3. The zero-order valence-corrected chi connectivity index (χ0v) is 8.29. The topological polar surface area (TPSA) is 27.1 Å². The highest BCUT2D eigenvalue weighted by Gasteiger charge is 1.97. The summed E-state index contributed by atoms with van der Waals surface area (Å²) in [6, 6.07) is 0. The van der Waals surface area contributed by atoms with Crippen LogP contribution in [0.5, 0.6) is 5.75 Å². The molecular weight excluding hydrogens is 164 g/mol. The van der Waals surface area contributed by atoms with Crippen LogP contribution in [0, 0.1) is 0 Å². The lowest BCUT2D eigenvalue weighted by atomic mass is 10.3. The number of hydrogen-bond acceptors (Lipinski definition) is 2.